The van der Waals surface area contributed by atoms with Crippen LogP contribution >= 0.6 is 0 Å². The zero-order valence-electron chi connectivity index (χ0n) is 9.03. The first-order valence-electron chi connectivity index (χ1n) is 5.40. The van der Waals surface area contributed by atoms with Gasteiger partial charge in [-0.1, -0.05) is 0 Å². The second-order valence-corrected chi connectivity index (χ2v) is 3.93. The minimum Gasteiger partial charge on any atom is -0.494 e. The molecule has 1 fully saturated rings. The van der Waals surface area contributed by atoms with Crippen molar-refractivity contribution in [3.8, 4) is 11.5 Å². The molecule has 1 aliphatic rings. The van der Waals surface area contributed by atoms with Crippen molar-refractivity contribution in [3.05, 3.63) is 18.2 Å². The monoisotopic (exact) mass is 207 g/mol. The standard InChI is InChI=1S/C12H17NO2/c1-14-12-8-10(6-7-11(12)13)15-9-4-2-3-5-9/h6-9H,2-5,13H2,1H3. The highest BCUT2D eigenvalue weighted by Crippen LogP contribution is 2.29. The van der Waals surface area contributed by atoms with Crippen molar-refractivity contribution in [2.45, 2.75) is 31.8 Å². The van der Waals surface area contributed by atoms with Gasteiger partial charge in [0.25, 0.3) is 0 Å². The molecule has 1 aromatic carbocycles. The largest absolute Gasteiger partial charge is 0.494 e. The Hall–Kier alpha value is -1.38. The highest BCUT2D eigenvalue weighted by Gasteiger charge is 2.16. The number of anilines is 1. The Morgan fingerprint density at radius 2 is 2.00 bits per heavy atom. The molecule has 1 aromatic rings. The summed E-state index contributed by atoms with van der Waals surface area (Å²) in [7, 11) is 1.62. The second-order valence-electron chi connectivity index (χ2n) is 3.93. The van der Waals surface area contributed by atoms with Crippen LogP contribution in [0.4, 0.5) is 5.69 Å². The van der Waals surface area contributed by atoms with E-state index in [0.29, 0.717) is 17.5 Å². The van der Waals surface area contributed by atoms with E-state index >= 15 is 0 Å². The number of hydrogen-bond donors (Lipinski definition) is 1. The molecule has 0 spiro atoms. The van der Waals surface area contributed by atoms with Crippen LogP contribution in [0.3, 0.4) is 0 Å². The molecule has 0 radical (unpaired) electrons. The quantitative estimate of drug-likeness (QED) is 0.775. The molecule has 1 saturated carbocycles. The summed E-state index contributed by atoms with van der Waals surface area (Å²) in [6.45, 7) is 0. The highest BCUT2D eigenvalue weighted by molar-refractivity contribution is 5.55. The lowest BCUT2D eigenvalue weighted by atomic mass is 10.2. The molecule has 15 heavy (non-hydrogen) atoms. The van der Waals surface area contributed by atoms with Crippen molar-refractivity contribution in [2.24, 2.45) is 0 Å². The molecule has 3 heteroatoms. The van der Waals surface area contributed by atoms with E-state index in [0.717, 1.165) is 18.6 Å². The Bertz CT molecular complexity index is 332. The van der Waals surface area contributed by atoms with E-state index in [-0.39, 0.29) is 0 Å². The first kappa shape index (κ1) is 10.1. The summed E-state index contributed by atoms with van der Waals surface area (Å²) in [6, 6.07) is 5.58. The number of methoxy groups -OCH3 is 1. The summed E-state index contributed by atoms with van der Waals surface area (Å²) in [5, 5.41) is 0. The smallest absolute Gasteiger partial charge is 0.145 e. The van der Waals surface area contributed by atoms with Gasteiger partial charge < -0.3 is 15.2 Å². The van der Waals surface area contributed by atoms with E-state index in [2.05, 4.69) is 0 Å². The maximum Gasteiger partial charge on any atom is 0.145 e. The summed E-state index contributed by atoms with van der Waals surface area (Å²) in [5.41, 5.74) is 6.38. The zero-order chi connectivity index (χ0) is 10.7. The van der Waals surface area contributed by atoms with Crippen LogP contribution in [-0.4, -0.2) is 13.2 Å². The predicted octanol–water partition coefficient (Wildman–Crippen LogP) is 2.60. The molecule has 82 valence electrons. The average molecular weight is 207 g/mol. The van der Waals surface area contributed by atoms with E-state index in [1.165, 1.54) is 12.8 Å². The third kappa shape index (κ3) is 2.35. The highest BCUT2D eigenvalue weighted by atomic mass is 16.5. The lowest BCUT2D eigenvalue weighted by molar-refractivity contribution is 0.209. The van der Waals surface area contributed by atoms with Gasteiger partial charge in [0.15, 0.2) is 0 Å². The van der Waals surface area contributed by atoms with Gasteiger partial charge in [0.2, 0.25) is 0 Å². The Balaban J connectivity index is 2.07. The van der Waals surface area contributed by atoms with Crippen molar-refractivity contribution in [2.75, 3.05) is 12.8 Å². The van der Waals surface area contributed by atoms with Crippen LogP contribution in [0.2, 0.25) is 0 Å². The first-order chi connectivity index (χ1) is 7.29. The minimum absolute atomic E-state index is 0.373. The average Bonchev–Trinajstić information content (AvgIpc) is 2.73. The minimum atomic E-state index is 0.373. The van der Waals surface area contributed by atoms with Crippen molar-refractivity contribution < 1.29 is 9.47 Å². The molecular weight excluding hydrogens is 190 g/mol. The third-order valence-corrected chi connectivity index (χ3v) is 2.81. The normalized spacial score (nSPS) is 16.6. The van der Waals surface area contributed by atoms with Crippen LogP contribution < -0.4 is 15.2 Å². The molecule has 0 amide bonds. The van der Waals surface area contributed by atoms with Crippen LogP contribution in [0, 0.1) is 0 Å². The van der Waals surface area contributed by atoms with Crippen molar-refractivity contribution in [3.63, 3.8) is 0 Å². The van der Waals surface area contributed by atoms with Gasteiger partial charge in [0.1, 0.15) is 11.5 Å². The molecule has 0 aromatic heterocycles. The summed E-state index contributed by atoms with van der Waals surface area (Å²) in [4.78, 5) is 0. The van der Waals surface area contributed by atoms with Crippen LogP contribution in [0.1, 0.15) is 25.7 Å². The molecule has 0 saturated heterocycles. The Kier molecular flexibility index (Phi) is 2.99. The fourth-order valence-electron chi connectivity index (χ4n) is 1.96. The Morgan fingerprint density at radius 3 is 2.67 bits per heavy atom. The van der Waals surface area contributed by atoms with Crippen molar-refractivity contribution in [1.82, 2.24) is 0 Å². The summed E-state index contributed by atoms with van der Waals surface area (Å²) in [5.74, 6) is 1.54. The van der Waals surface area contributed by atoms with E-state index < -0.39 is 0 Å². The van der Waals surface area contributed by atoms with Gasteiger partial charge in [-0.25, -0.2) is 0 Å². The summed E-state index contributed by atoms with van der Waals surface area (Å²) < 4.78 is 11.0. The topological polar surface area (TPSA) is 44.5 Å². The lowest BCUT2D eigenvalue weighted by Crippen LogP contribution is -2.10. The van der Waals surface area contributed by atoms with Gasteiger partial charge in [-0.2, -0.15) is 0 Å². The van der Waals surface area contributed by atoms with Gasteiger partial charge in [0.05, 0.1) is 18.9 Å². The molecular formula is C12H17NO2. The maximum atomic E-state index is 5.84. The number of nitrogen functional groups attached to an aromatic ring is 1. The predicted molar refractivity (Wildman–Crippen MR) is 60.3 cm³/mol. The molecule has 0 atom stereocenters. The number of benzene rings is 1. The van der Waals surface area contributed by atoms with E-state index in [4.69, 9.17) is 15.2 Å². The maximum absolute atomic E-state index is 5.84. The van der Waals surface area contributed by atoms with Gasteiger partial charge in [0, 0.05) is 6.07 Å². The zero-order valence-corrected chi connectivity index (χ0v) is 9.03. The summed E-state index contributed by atoms with van der Waals surface area (Å²) in [6.07, 6.45) is 5.24. The van der Waals surface area contributed by atoms with Crippen LogP contribution in [0.5, 0.6) is 11.5 Å². The van der Waals surface area contributed by atoms with E-state index in [1.807, 2.05) is 18.2 Å². The molecule has 0 aliphatic heterocycles. The fraction of sp³-hybridized carbons (Fsp3) is 0.500. The van der Waals surface area contributed by atoms with Gasteiger partial charge >= 0.3 is 0 Å². The molecule has 2 N–H and O–H groups in total. The molecule has 0 bridgehead atoms. The first-order valence-corrected chi connectivity index (χ1v) is 5.40. The number of rotatable bonds is 3. The molecule has 3 nitrogen and oxygen atoms in total. The number of ether oxygens (including phenoxy) is 2. The SMILES string of the molecule is COc1cc(OC2CCCC2)ccc1N. The molecule has 0 unspecified atom stereocenters. The molecule has 1 aliphatic carbocycles. The third-order valence-electron chi connectivity index (χ3n) is 2.81. The van der Waals surface area contributed by atoms with Crippen LogP contribution in [-0.2, 0) is 0 Å². The summed E-state index contributed by atoms with van der Waals surface area (Å²) >= 11 is 0. The number of hydrogen-bond acceptors (Lipinski definition) is 3. The van der Waals surface area contributed by atoms with Crippen molar-refractivity contribution >= 4 is 5.69 Å². The van der Waals surface area contributed by atoms with E-state index in [9.17, 15) is 0 Å². The van der Waals surface area contributed by atoms with Crippen molar-refractivity contribution in [1.29, 1.82) is 0 Å². The lowest BCUT2D eigenvalue weighted by Gasteiger charge is -2.14. The Morgan fingerprint density at radius 1 is 1.27 bits per heavy atom. The fourth-order valence-corrected chi connectivity index (χ4v) is 1.96. The molecule has 0 heterocycles. The second kappa shape index (κ2) is 4.43. The van der Waals surface area contributed by atoms with E-state index in [1.54, 1.807) is 7.11 Å². The van der Waals surface area contributed by atoms with Crippen LogP contribution in [0.15, 0.2) is 18.2 Å². The van der Waals surface area contributed by atoms with Crippen LogP contribution in [0.25, 0.3) is 0 Å². The van der Waals surface area contributed by atoms with Gasteiger partial charge in [-0.05, 0) is 37.8 Å². The van der Waals surface area contributed by atoms with Gasteiger partial charge in [-0.3, -0.25) is 0 Å². The Labute approximate surface area is 90.2 Å². The number of nitrogens with two attached hydrogens (primary N) is 1. The van der Waals surface area contributed by atoms with Gasteiger partial charge in [-0.15, -0.1) is 0 Å². The molecule has 2 rings (SSSR count).